The molecule has 19 heavy (non-hydrogen) atoms. The number of halogens is 1. The number of rotatable bonds is 3. The molecule has 6 heteroatoms. The van der Waals surface area contributed by atoms with E-state index in [4.69, 9.17) is 0 Å². The van der Waals surface area contributed by atoms with Crippen LogP contribution in [0, 0.1) is 3.57 Å². The fraction of sp³-hybridized carbons (Fsp3) is 0. The Balaban J connectivity index is 2.00. The minimum absolute atomic E-state index is 0.218. The van der Waals surface area contributed by atoms with Gasteiger partial charge in [0.15, 0.2) is 0 Å². The first-order chi connectivity index (χ1) is 9.16. The van der Waals surface area contributed by atoms with E-state index in [1.807, 2.05) is 22.6 Å². The number of hydrogen-bond acceptors (Lipinski definition) is 4. The molecule has 1 amide bonds. The average Bonchev–Trinajstić information content (AvgIpc) is 2.43. The number of phenols is 1. The van der Waals surface area contributed by atoms with E-state index in [2.05, 4.69) is 15.5 Å². The van der Waals surface area contributed by atoms with Crippen LogP contribution in [0.2, 0.25) is 0 Å². The maximum absolute atomic E-state index is 11.6. The van der Waals surface area contributed by atoms with Crippen LogP contribution in [-0.4, -0.2) is 22.2 Å². The summed E-state index contributed by atoms with van der Waals surface area (Å²) in [6.07, 6.45) is 3.05. The molecule has 2 N–H and O–H groups in total. The maximum Gasteiger partial charge on any atom is 0.289 e. The highest BCUT2D eigenvalue weighted by atomic mass is 127. The Morgan fingerprint density at radius 2 is 2.21 bits per heavy atom. The Bertz CT molecular complexity index is 615. The molecule has 0 spiro atoms. The first-order valence-corrected chi connectivity index (χ1v) is 6.47. The summed E-state index contributed by atoms with van der Waals surface area (Å²) in [5, 5.41) is 13.2. The molecule has 1 aromatic carbocycles. The van der Waals surface area contributed by atoms with E-state index >= 15 is 0 Å². The summed E-state index contributed by atoms with van der Waals surface area (Å²) in [7, 11) is 0. The molecule has 0 aliphatic heterocycles. The Morgan fingerprint density at radius 3 is 2.89 bits per heavy atom. The van der Waals surface area contributed by atoms with Crippen molar-refractivity contribution in [3.05, 3.63) is 57.4 Å². The molecule has 0 radical (unpaired) electrons. The van der Waals surface area contributed by atoms with Crippen LogP contribution in [0.4, 0.5) is 0 Å². The molecular formula is C13H10IN3O2. The van der Waals surface area contributed by atoms with Gasteiger partial charge in [-0.25, -0.2) is 5.43 Å². The van der Waals surface area contributed by atoms with Crippen LogP contribution >= 0.6 is 22.6 Å². The van der Waals surface area contributed by atoms with E-state index in [9.17, 15) is 9.90 Å². The molecule has 0 bridgehead atoms. The van der Waals surface area contributed by atoms with Crippen molar-refractivity contribution in [1.82, 2.24) is 10.4 Å². The lowest BCUT2D eigenvalue weighted by Gasteiger charge is -1.99. The molecule has 0 saturated carbocycles. The Morgan fingerprint density at radius 1 is 1.37 bits per heavy atom. The third kappa shape index (κ3) is 3.75. The number of pyridine rings is 1. The average molecular weight is 367 g/mol. The van der Waals surface area contributed by atoms with Crippen molar-refractivity contribution in [3.8, 4) is 5.75 Å². The van der Waals surface area contributed by atoms with Crippen molar-refractivity contribution in [1.29, 1.82) is 0 Å². The van der Waals surface area contributed by atoms with Gasteiger partial charge >= 0.3 is 0 Å². The van der Waals surface area contributed by atoms with Crippen LogP contribution < -0.4 is 5.43 Å². The molecule has 1 heterocycles. The molecule has 0 atom stereocenters. The molecule has 0 unspecified atom stereocenters. The minimum atomic E-state index is -0.370. The quantitative estimate of drug-likeness (QED) is 0.496. The third-order valence-electron chi connectivity index (χ3n) is 2.25. The number of amides is 1. The largest absolute Gasteiger partial charge is 0.507 e. The van der Waals surface area contributed by atoms with Crippen LogP contribution in [0.25, 0.3) is 0 Å². The lowest BCUT2D eigenvalue weighted by molar-refractivity contribution is 0.0950. The monoisotopic (exact) mass is 367 g/mol. The number of nitrogens with zero attached hydrogens (tertiary/aromatic N) is 2. The van der Waals surface area contributed by atoms with Crippen molar-refractivity contribution < 1.29 is 9.90 Å². The first-order valence-electron chi connectivity index (χ1n) is 5.40. The fourth-order valence-electron chi connectivity index (χ4n) is 1.32. The smallest absolute Gasteiger partial charge is 0.289 e. The topological polar surface area (TPSA) is 74.6 Å². The van der Waals surface area contributed by atoms with Crippen molar-refractivity contribution >= 4 is 34.7 Å². The molecule has 0 aliphatic carbocycles. The number of aromatic hydroxyl groups is 1. The predicted octanol–water partition coefficient (Wildman–Crippen LogP) is 2.16. The zero-order valence-electron chi connectivity index (χ0n) is 9.75. The predicted molar refractivity (Wildman–Crippen MR) is 80.1 cm³/mol. The van der Waals surface area contributed by atoms with Gasteiger partial charge in [-0.15, -0.1) is 0 Å². The standard InChI is InChI=1S/C13H10IN3O2/c14-10-7-9(4-5-12(10)18)8-16-17-13(19)11-3-1-2-6-15-11/h1-8,18H,(H,17,19). The normalized spacial score (nSPS) is 10.6. The Hall–Kier alpha value is -1.96. The van der Waals surface area contributed by atoms with Gasteiger partial charge in [-0.05, 0) is 58.5 Å². The first kappa shape index (κ1) is 13.5. The van der Waals surface area contributed by atoms with Crippen molar-refractivity contribution in [2.24, 2.45) is 5.10 Å². The highest BCUT2D eigenvalue weighted by molar-refractivity contribution is 14.1. The molecule has 0 aliphatic rings. The molecule has 2 rings (SSSR count). The SMILES string of the molecule is O=C(NN=Cc1ccc(O)c(I)c1)c1ccccn1. The molecule has 5 nitrogen and oxygen atoms in total. The van der Waals surface area contributed by atoms with Crippen LogP contribution in [0.3, 0.4) is 0 Å². The number of phenolic OH excluding ortho intramolecular Hbond substituents is 1. The summed E-state index contributed by atoms with van der Waals surface area (Å²) >= 11 is 2.02. The number of hydrazone groups is 1. The van der Waals surface area contributed by atoms with E-state index in [-0.39, 0.29) is 11.7 Å². The molecule has 2 aromatic rings. The van der Waals surface area contributed by atoms with Crippen molar-refractivity contribution in [3.63, 3.8) is 0 Å². The van der Waals surface area contributed by atoms with Crippen molar-refractivity contribution in [2.45, 2.75) is 0 Å². The Kier molecular flexibility index (Phi) is 4.45. The van der Waals surface area contributed by atoms with Crippen LogP contribution in [0.15, 0.2) is 47.7 Å². The summed E-state index contributed by atoms with van der Waals surface area (Å²) in [6, 6.07) is 10.1. The van der Waals surface area contributed by atoms with E-state index in [0.29, 0.717) is 5.69 Å². The highest BCUT2D eigenvalue weighted by Gasteiger charge is 2.03. The van der Waals surface area contributed by atoms with E-state index in [1.54, 1.807) is 42.6 Å². The van der Waals surface area contributed by atoms with Gasteiger partial charge in [0.2, 0.25) is 0 Å². The lowest BCUT2D eigenvalue weighted by atomic mass is 10.2. The van der Waals surface area contributed by atoms with E-state index in [1.165, 1.54) is 6.21 Å². The second-order valence-corrected chi connectivity index (χ2v) is 4.79. The summed E-state index contributed by atoms with van der Waals surface area (Å²) < 4.78 is 0.720. The third-order valence-corrected chi connectivity index (χ3v) is 3.11. The summed E-state index contributed by atoms with van der Waals surface area (Å²) in [6.45, 7) is 0. The molecule has 1 aromatic heterocycles. The minimum Gasteiger partial charge on any atom is -0.507 e. The molecule has 96 valence electrons. The molecular weight excluding hydrogens is 357 g/mol. The van der Waals surface area contributed by atoms with Gasteiger partial charge in [0, 0.05) is 6.20 Å². The molecule has 0 saturated heterocycles. The molecule has 0 fully saturated rings. The number of aromatic nitrogens is 1. The number of carbonyl (C=O) groups excluding carboxylic acids is 1. The van der Waals surface area contributed by atoms with Crippen LogP contribution in [0.1, 0.15) is 16.1 Å². The second-order valence-electron chi connectivity index (χ2n) is 3.62. The van der Waals surface area contributed by atoms with Gasteiger partial charge in [0.05, 0.1) is 9.78 Å². The van der Waals surface area contributed by atoms with Crippen LogP contribution in [0.5, 0.6) is 5.75 Å². The second kappa shape index (κ2) is 6.28. The summed E-state index contributed by atoms with van der Waals surface area (Å²) in [5.74, 6) is -0.152. The number of carbonyl (C=O) groups is 1. The fourth-order valence-corrected chi connectivity index (χ4v) is 1.86. The highest BCUT2D eigenvalue weighted by Crippen LogP contribution is 2.19. The summed E-state index contributed by atoms with van der Waals surface area (Å²) in [4.78, 5) is 15.5. The van der Waals surface area contributed by atoms with Crippen molar-refractivity contribution in [2.75, 3.05) is 0 Å². The number of benzene rings is 1. The van der Waals surface area contributed by atoms with Gasteiger partial charge < -0.3 is 5.11 Å². The van der Waals surface area contributed by atoms with Gasteiger partial charge in [-0.2, -0.15) is 5.10 Å². The number of nitrogens with one attached hydrogen (secondary N) is 1. The van der Waals surface area contributed by atoms with Gasteiger partial charge in [0.1, 0.15) is 11.4 Å². The Labute approximate surface area is 123 Å². The van der Waals surface area contributed by atoms with E-state index in [0.717, 1.165) is 9.13 Å². The van der Waals surface area contributed by atoms with Gasteiger partial charge in [-0.1, -0.05) is 6.07 Å². The maximum atomic E-state index is 11.6. The summed E-state index contributed by atoms with van der Waals surface area (Å²) in [5.41, 5.74) is 3.47. The lowest BCUT2D eigenvalue weighted by Crippen LogP contribution is -2.18. The zero-order chi connectivity index (χ0) is 13.7. The van der Waals surface area contributed by atoms with E-state index < -0.39 is 0 Å². The number of hydrogen-bond donors (Lipinski definition) is 2. The van der Waals surface area contributed by atoms with Gasteiger partial charge in [0.25, 0.3) is 5.91 Å². The van der Waals surface area contributed by atoms with Crippen LogP contribution in [-0.2, 0) is 0 Å². The van der Waals surface area contributed by atoms with Gasteiger partial charge in [-0.3, -0.25) is 9.78 Å². The zero-order valence-corrected chi connectivity index (χ0v) is 11.9.